The number of nitrogens with one attached hydrogen (secondary N) is 3. The van der Waals surface area contributed by atoms with Crippen LogP contribution >= 0.6 is 23.2 Å². The standard InChI is InChI=1S/C27H34Cl2N4O4S/c1-17(2)15-30-16-18-6-8-21-19(12-18)4-3-5-24(21)32-26(34)14-25-27(35)31-10-11-33(25)38(36,37)20-7-9-22(28)23(29)13-20/h6-9,12-13,17,24-25,30H,3-5,10-11,14-16H2,1-2H3,(H,31,35)(H,32,34)/t24-,25?/m1/s1. The highest BCUT2D eigenvalue weighted by Crippen LogP contribution is 2.32. The Morgan fingerprint density at radius 3 is 2.68 bits per heavy atom. The molecule has 0 spiro atoms. The molecule has 4 rings (SSSR count). The number of sulfonamides is 1. The molecule has 2 aromatic rings. The molecule has 11 heteroatoms. The Balaban J connectivity index is 1.46. The summed E-state index contributed by atoms with van der Waals surface area (Å²) in [6.07, 6.45) is 2.38. The molecule has 2 aromatic carbocycles. The summed E-state index contributed by atoms with van der Waals surface area (Å²) in [5, 5.41) is 9.52. The monoisotopic (exact) mass is 580 g/mol. The van der Waals surface area contributed by atoms with Gasteiger partial charge < -0.3 is 16.0 Å². The number of aryl methyl sites for hydroxylation is 1. The number of amides is 2. The van der Waals surface area contributed by atoms with Gasteiger partial charge in [-0.1, -0.05) is 55.2 Å². The Morgan fingerprint density at radius 1 is 1.16 bits per heavy atom. The first-order valence-corrected chi connectivity index (χ1v) is 15.1. The lowest BCUT2D eigenvalue weighted by Crippen LogP contribution is -2.58. The molecule has 1 unspecified atom stereocenters. The summed E-state index contributed by atoms with van der Waals surface area (Å²) in [4.78, 5) is 25.8. The number of hydrogen-bond donors (Lipinski definition) is 3. The molecule has 1 heterocycles. The minimum atomic E-state index is -4.09. The van der Waals surface area contributed by atoms with Crippen molar-refractivity contribution in [2.45, 2.75) is 63.1 Å². The van der Waals surface area contributed by atoms with Gasteiger partial charge in [0.1, 0.15) is 6.04 Å². The average molecular weight is 582 g/mol. The van der Waals surface area contributed by atoms with Crippen molar-refractivity contribution in [2.24, 2.45) is 5.92 Å². The molecule has 206 valence electrons. The van der Waals surface area contributed by atoms with E-state index in [2.05, 4.69) is 48.0 Å². The Hall–Kier alpha value is -2.17. The topological polar surface area (TPSA) is 108 Å². The summed E-state index contributed by atoms with van der Waals surface area (Å²) in [5.41, 5.74) is 3.49. The molecule has 0 radical (unpaired) electrons. The number of hydrogen-bond acceptors (Lipinski definition) is 5. The predicted octanol–water partition coefficient (Wildman–Crippen LogP) is 3.81. The Bertz CT molecular complexity index is 1300. The normalized spacial score (nSPS) is 20.2. The van der Waals surface area contributed by atoms with Crippen LogP contribution in [0.4, 0.5) is 0 Å². The van der Waals surface area contributed by atoms with Gasteiger partial charge in [-0.25, -0.2) is 8.42 Å². The van der Waals surface area contributed by atoms with Crippen molar-refractivity contribution in [3.05, 3.63) is 63.1 Å². The number of fused-ring (bicyclic) bond motifs is 1. The van der Waals surface area contributed by atoms with Gasteiger partial charge in [-0.3, -0.25) is 9.59 Å². The van der Waals surface area contributed by atoms with Gasteiger partial charge in [-0.15, -0.1) is 0 Å². The summed E-state index contributed by atoms with van der Waals surface area (Å²) < 4.78 is 27.9. The van der Waals surface area contributed by atoms with Crippen LogP contribution in [0.25, 0.3) is 0 Å². The molecule has 2 amide bonds. The summed E-state index contributed by atoms with van der Waals surface area (Å²) in [5.74, 6) is -0.298. The lowest BCUT2D eigenvalue weighted by molar-refractivity contribution is -0.132. The van der Waals surface area contributed by atoms with Crippen LogP contribution in [0.2, 0.25) is 10.0 Å². The van der Waals surface area contributed by atoms with E-state index >= 15 is 0 Å². The quantitative estimate of drug-likeness (QED) is 0.418. The fraction of sp³-hybridized carbons (Fsp3) is 0.481. The van der Waals surface area contributed by atoms with Crippen molar-refractivity contribution in [2.75, 3.05) is 19.6 Å². The molecule has 38 heavy (non-hydrogen) atoms. The van der Waals surface area contributed by atoms with Gasteiger partial charge in [0.2, 0.25) is 21.8 Å². The third-order valence-electron chi connectivity index (χ3n) is 6.90. The predicted molar refractivity (Wildman–Crippen MR) is 149 cm³/mol. The highest BCUT2D eigenvalue weighted by molar-refractivity contribution is 7.89. The lowest BCUT2D eigenvalue weighted by Gasteiger charge is -2.34. The van der Waals surface area contributed by atoms with Crippen molar-refractivity contribution in [3.8, 4) is 0 Å². The summed E-state index contributed by atoms with van der Waals surface area (Å²) >= 11 is 12.0. The van der Waals surface area contributed by atoms with E-state index in [1.165, 1.54) is 29.3 Å². The first-order valence-electron chi connectivity index (χ1n) is 12.9. The lowest BCUT2D eigenvalue weighted by atomic mass is 9.86. The Labute approximate surface area is 234 Å². The van der Waals surface area contributed by atoms with Crippen molar-refractivity contribution in [3.63, 3.8) is 0 Å². The second kappa shape index (κ2) is 12.3. The molecule has 1 fully saturated rings. The van der Waals surface area contributed by atoms with E-state index < -0.39 is 22.0 Å². The Kier molecular flexibility index (Phi) is 9.36. The Morgan fingerprint density at radius 2 is 1.95 bits per heavy atom. The fourth-order valence-corrected chi connectivity index (χ4v) is 6.99. The van der Waals surface area contributed by atoms with Crippen LogP contribution in [0.3, 0.4) is 0 Å². The zero-order chi connectivity index (χ0) is 27.4. The summed E-state index contributed by atoms with van der Waals surface area (Å²) in [6.45, 7) is 6.29. The molecule has 8 nitrogen and oxygen atoms in total. The molecule has 0 aromatic heterocycles. The van der Waals surface area contributed by atoms with Crippen LogP contribution in [-0.4, -0.2) is 50.2 Å². The fourth-order valence-electron chi connectivity index (χ4n) is 5.01. The molecular formula is C27H34Cl2N4O4S. The van der Waals surface area contributed by atoms with Gasteiger partial charge in [-0.2, -0.15) is 4.31 Å². The zero-order valence-electron chi connectivity index (χ0n) is 21.6. The highest BCUT2D eigenvalue weighted by atomic mass is 35.5. The van der Waals surface area contributed by atoms with E-state index in [9.17, 15) is 18.0 Å². The van der Waals surface area contributed by atoms with Crippen molar-refractivity contribution < 1.29 is 18.0 Å². The van der Waals surface area contributed by atoms with Crippen LogP contribution in [0.15, 0.2) is 41.3 Å². The summed E-state index contributed by atoms with van der Waals surface area (Å²) in [6, 6.07) is 9.00. The van der Waals surface area contributed by atoms with Gasteiger partial charge in [-0.05, 0) is 66.6 Å². The first-order chi connectivity index (χ1) is 18.1. The van der Waals surface area contributed by atoms with Gasteiger partial charge in [0, 0.05) is 19.6 Å². The van der Waals surface area contributed by atoms with Gasteiger partial charge in [0.25, 0.3) is 0 Å². The average Bonchev–Trinajstić information content (AvgIpc) is 2.86. The molecule has 3 N–H and O–H groups in total. The van der Waals surface area contributed by atoms with Crippen LogP contribution in [0.5, 0.6) is 0 Å². The second-order valence-corrected chi connectivity index (χ2v) is 13.0. The maximum absolute atomic E-state index is 13.4. The number of nitrogens with zero attached hydrogens (tertiary/aromatic N) is 1. The van der Waals surface area contributed by atoms with E-state index in [0.29, 0.717) is 5.92 Å². The van der Waals surface area contributed by atoms with Crippen molar-refractivity contribution in [1.82, 2.24) is 20.3 Å². The maximum Gasteiger partial charge on any atom is 0.243 e. The number of carbonyl (C=O) groups excluding carboxylic acids is 2. The molecule has 2 atom stereocenters. The molecule has 1 saturated heterocycles. The third kappa shape index (κ3) is 6.69. The van der Waals surface area contributed by atoms with Crippen LogP contribution in [-0.2, 0) is 32.6 Å². The van der Waals surface area contributed by atoms with E-state index in [4.69, 9.17) is 23.2 Å². The number of halogens is 2. The second-order valence-electron chi connectivity index (χ2n) is 10.3. The zero-order valence-corrected chi connectivity index (χ0v) is 23.9. The van der Waals surface area contributed by atoms with Crippen molar-refractivity contribution >= 4 is 45.0 Å². The number of rotatable bonds is 9. The van der Waals surface area contributed by atoms with Gasteiger partial charge in [0.05, 0.1) is 27.4 Å². The van der Waals surface area contributed by atoms with Crippen LogP contribution < -0.4 is 16.0 Å². The highest BCUT2D eigenvalue weighted by Gasteiger charge is 2.40. The number of benzene rings is 2. The van der Waals surface area contributed by atoms with E-state index in [-0.39, 0.29) is 46.4 Å². The van der Waals surface area contributed by atoms with Gasteiger partial charge in [0.15, 0.2) is 0 Å². The van der Waals surface area contributed by atoms with Crippen LogP contribution in [0, 0.1) is 5.92 Å². The van der Waals surface area contributed by atoms with E-state index in [0.717, 1.165) is 42.2 Å². The largest absolute Gasteiger partial charge is 0.353 e. The minimum Gasteiger partial charge on any atom is -0.353 e. The number of piperazine rings is 1. The molecule has 0 saturated carbocycles. The molecule has 2 aliphatic rings. The maximum atomic E-state index is 13.4. The SMILES string of the molecule is CC(C)CNCc1ccc2c(c1)CCC[C@H]2NC(=O)CC1C(=O)NCCN1S(=O)(=O)c1ccc(Cl)c(Cl)c1. The molecular weight excluding hydrogens is 547 g/mol. The molecule has 0 bridgehead atoms. The smallest absolute Gasteiger partial charge is 0.243 e. The minimum absolute atomic E-state index is 0.0478. The van der Waals surface area contributed by atoms with E-state index in [1.807, 2.05) is 0 Å². The summed E-state index contributed by atoms with van der Waals surface area (Å²) in [7, 11) is -4.09. The molecule has 1 aliphatic carbocycles. The van der Waals surface area contributed by atoms with Gasteiger partial charge >= 0.3 is 0 Å². The third-order valence-corrected chi connectivity index (χ3v) is 9.54. The van der Waals surface area contributed by atoms with E-state index in [1.54, 1.807) is 0 Å². The molecule has 1 aliphatic heterocycles. The van der Waals surface area contributed by atoms with Crippen LogP contribution in [0.1, 0.15) is 55.8 Å². The van der Waals surface area contributed by atoms with Crippen molar-refractivity contribution in [1.29, 1.82) is 0 Å². The number of carbonyl (C=O) groups is 2. The first kappa shape index (κ1) is 28.8.